The number of hydrogen-bond acceptors (Lipinski definition) is 5. The molecule has 1 aromatic carbocycles. The van der Waals surface area contributed by atoms with Gasteiger partial charge in [0.1, 0.15) is 13.2 Å². The van der Waals surface area contributed by atoms with Gasteiger partial charge in [0.2, 0.25) is 0 Å². The van der Waals surface area contributed by atoms with E-state index in [0.29, 0.717) is 36.9 Å². The summed E-state index contributed by atoms with van der Waals surface area (Å²) in [6.07, 6.45) is 4.37. The molecule has 2 aromatic rings. The van der Waals surface area contributed by atoms with E-state index in [9.17, 15) is 9.59 Å². The predicted octanol–water partition coefficient (Wildman–Crippen LogP) is 3.09. The van der Waals surface area contributed by atoms with Crippen LogP contribution >= 0.6 is 11.3 Å². The number of benzene rings is 1. The van der Waals surface area contributed by atoms with Gasteiger partial charge in [-0.1, -0.05) is 12.8 Å². The number of rotatable bonds is 4. The van der Waals surface area contributed by atoms with Crippen molar-refractivity contribution in [2.45, 2.75) is 31.1 Å². The van der Waals surface area contributed by atoms with Gasteiger partial charge in [-0.15, -0.1) is 0 Å². The van der Waals surface area contributed by atoms with Crippen molar-refractivity contribution in [3.8, 4) is 11.5 Å². The Morgan fingerprint density at radius 3 is 2.56 bits per heavy atom. The molecule has 4 rings (SSSR count). The van der Waals surface area contributed by atoms with Gasteiger partial charge in [0.05, 0.1) is 0 Å². The average molecular weight is 386 g/mol. The van der Waals surface area contributed by atoms with Crippen LogP contribution < -0.4 is 20.1 Å². The normalized spacial score (nSPS) is 17.3. The lowest BCUT2D eigenvalue weighted by molar-refractivity contribution is -0.136. The van der Waals surface area contributed by atoms with E-state index in [1.807, 2.05) is 0 Å². The first kappa shape index (κ1) is 17.9. The molecule has 0 spiro atoms. The fourth-order valence-corrected chi connectivity index (χ4v) is 4.60. The van der Waals surface area contributed by atoms with E-state index in [4.69, 9.17) is 9.47 Å². The summed E-state index contributed by atoms with van der Waals surface area (Å²) < 4.78 is 11.0. The van der Waals surface area contributed by atoms with Gasteiger partial charge in [0.25, 0.3) is 0 Å². The summed E-state index contributed by atoms with van der Waals surface area (Å²) in [6, 6.07) is 7.22. The molecule has 2 heterocycles. The van der Waals surface area contributed by atoms with Crippen molar-refractivity contribution >= 4 is 28.8 Å². The topological polar surface area (TPSA) is 76.7 Å². The highest BCUT2D eigenvalue weighted by Crippen LogP contribution is 2.41. The first-order chi connectivity index (χ1) is 13.2. The molecule has 6 nitrogen and oxygen atoms in total. The molecule has 2 aliphatic rings. The van der Waals surface area contributed by atoms with E-state index >= 15 is 0 Å². The monoisotopic (exact) mass is 386 g/mol. The van der Waals surface area contributed by atoms with Crippen molar-refractivity contribution in [2.24, 2.45) is 0 Å². The van der Waals surface area contributed by atoms with Crippen LogP contribution in [0.25, 0.3) is 0 Å². The van der Waals surface area contributed by atoms with Crippen molar-refractivity contribution in [1.29, 1.82) is 0 Å². The molecule has 0 radical (unpaired) electrons. The Morgan fingerprint density at radius 1 is 1.04 bits per heavy atom. The van der Waals surface area contributed by atoms with Crippen LogP contribution in [0.1, 0.15) is 31.2 Å². The van der Waals surface area contributed by atoms with Crippen molar-refractivity contribution in [2.75, 3.05) is 25.1 Å². The number of hydrogen-bond donors (Lipinski definition) is 2. The second-order valence-electron chi connectivity index (χ2n) is 6.99. The Balaban J connectivity index is 1.37. The van der Waals surface area contributed by atoms with E-state index in [2.05, 4.69) is 27.5 Å². The van der Waals surface area contributed by atoms with E-state index in [-0.39, 0.29) is 5.41 Å². The van der Waals surface area contributed by atoms with Gasteiger partial charge in [0.15, 0.2) is 11.5 Å². The summed E-state index contributed by atoms with van der Waals surface area (Å²) >= 11 is 1.66. The van der Waals surface area contributed by atoms with Crippen LogP contribution in [-0.2, 0) is 15.0 Å². The summed E-state index contributed by atoms with van der Waals surface area (Å²) in [5.74, 6) is -0.0824. The van der Waals surface area contributed by atoms with E-state index in [1.165, 1.54) is 5.56 Å². The number of fused-ring (bicyclic) bond motifs is 1. The van der Waals surface area contributed by atoms with Crippen LogP contribution in [0.3, 0.4) is 0 Å². The molecule has 1 saturated carbocycles. The van der Waals surface area contributed by atoms with Crippen LogP contribution in [0.5, 0.6) is 11.5 Å². The lowest BCUT2D eigenvalue weighted by atomic mass is 9.80. The van der Waals surface area contributed by atoms with E-state index in [0.717, 1.165) is 25.7 Å². The minimum Gasteiger partial charge on any atom is -0.486 e. The first-order valence-electron chi connectivity index (χ1n) is 9.18. The molecule has 0 unspecified atom stereocenters. The molecule has 0 saturated heterocycles. The standard InChI is InChI=1S/C20H22N2O4S/c23-18(21-13-20(6-1-2-7-20)14-5-10-27-12-14)19(24)22-15-3-4-16-17(11-15)26-9-8-25-16/h3-5,10-12H,1-2,6-9,13H2,(H,21,23)(H,22,24). The summed E-state index contributed by atoms with van der Waals surface area (Å²) in [7, 11) is 0. The molecule has 142 valence electrons. The fraction of sp³-hybridized carbons (Fsp3) is 0.400. The predicted molar refractivity (Wildman–Crippen MR) is 104 cm³/mol. The Hall–Kier alpha value is -2.54. The highest BCUT2D eigenvalue weighted by atomic mass is 32.1. The molecule has 2 amide bonds. The summed E-state index contributed by atoms with van der Waals surface area (Å²) in [5.41, 5.74) is 1.72. The molecule has 0 atom stereocenters. The Kier molecular flexibility index (Phi) is 5.03. The summed E-state index contributed by atoms with van der Waals surface area (Å²) in [5, 5.41) is 9.67. The van der Waals surface area contributed by atoms with Gasteiger partial charge < -0.3 is 20.1 Å². The van der Waals surface area contributed by atoms with Crippen LogP contribution in [0.2, 0.25) is 0 Å². The molecule has 1 aliphatic carbocycles. The van der Waals surface area contributed by atoms with Gasteiger partial charge in [-0.05, 0) is 47.4 Å². The number of amides is 2. The molecule has 2 N–H and O–H groups in total. The zero-order chi connectivity index (χ0) is 18.7. The van der Waals surface area contributed by atoms with Gasteiger partial charge in [0, 0.05) is 23.7 Å². The smallest absolute Gasteiger partial charge is 0.313 e. The zero-order valence-electron chi connectivity index (χ0n) is 15.0. The molecular formula is C20H22N2O4S. The fourth-order valence-electron chi connectivity index (χ4n) is 3.82. The highest BCUT2D eigenvalue weighted by molar-refractivity contribution is 7.08. The Morgan fingerprint density at radius 2 is 1.81 bits per heavy atom. The molecule has 1 fully saturated rings. The molecule has 27 heavy (non-hydrogen) atoms. The van der Waals surface area contributed by atoms with Crippen molar-refractivity contribution in [3.05, 3.63) is 40.6 Å². The maximum atomic E-state index is 12.3. The largest absolute Gasteiger partial charge is 0.486 e. The second kappa shape index (κ2) is 7.60. The number of nitrogens with one attached hydrogen (secondary N) is 2. The third kappa shape index (κ3) is 3.78. The number of ether oxygens (including phenoxy) is 2. The van der Waals surface area contributed by atoms with Gasteiger partial charge in [-0.2, -0.15) is 11.3 Å². The third-order valence-electron chi connectivity index (χ3n) is 5.29. The second-order valence-corrected chi connectivity index (χ2v) is 7.77. The lowest BCUT2D eigenvalue weighted by Gasteiger charge is -2.28. The third-order valence-corrected chi connectivity index (χ3v) is 5.97. The van der Waals surface area contributed by atoms with Crippen LogP contribution in [0.4, 0.5) is 5.69 Å². The zero-order valence-corrected chi connectivity index (χ0v) is 15.8. The molecule has 7 heteroatoms. The van der Waals surface area contributed by atoms with E-state index < -0.39 is 11.8 Å². The number of thiophene rings is 1. The summed E-state index contributed by atoms with van der Waals surface area (Å²) in [4.78, 5) is 24.6. The molecule has 0 bridgehead atoms. The quantitative estimate of drug-likeness (QED) is 0.792. The number of anilines is 1. The van der Waals surface area contributed by atoms with Crippen molar-refractivity contribution < 1.29 is 19.1 Å². The average Bonchev–Trinajstić information content (AvgIpc) is 3.38. The van der Waals surface area contributed by atoms with Gasteiger partial charge in [-0.25, -0.2) is 0 Å². The maximum Gasteiger partial charge on any atom is 0.313 e. The summed E-state index contributed by atoms with van der Waals surface area (Å²) in [6.45, 7) is 1.46. The Bertz CT molecular complexity index is 829. The SMILES string of the molecule is O=C(NCC1(c2ccsc2)CCCC1)C(=O)Nc1ccc2c(c1)OCCO2. The molecule has 1 aliphatic heterocycles. The van der Waals surface area contributed by atoms with Gasteiger partial charge in [-0.3, -0.25) is 9.59 Å². The molecule has 1 aromatic heterocycles. The van der Waals surface area contributed by atoms with Crippen LogP contribution in [0.15, 0.2) is 35.0 Å². The van der Waals surface area contributed by atoms with Crippen molar-refractivity contribution in [3.63, 3.8) is 0 Å². The molecular weight excluding hydrogens is 364 g/mol. The maximum absolute atomic E-state index is 12.3. The number of carbonyl (C=O) groups is 2. The Labute approximate surface area is 161 Å². The first-order valence-corrected chi connectivity index (χ1v) is 10.1. The lowest BCUT2D eigenvalue weighted by Crippen LogP contribution is -2.43. The van der Waals surface area contributed by atoms with Crippen LogP contribution in [0, 0.1) is 0 Å². The minimum atomic E-state index is -0.676. The minimum absolute atomic E-state index is 0.0487. The number of carbonyl (C=O) groups excluding carboxylic acids is 2. The van der Waals surface area contributed by atoms with Crippen molar-refractivity contribution in [1.82, 2.24) is 5.32 Å². The van der Waals surface area contributed by atoms with E-state index in [1.54, 1.807) is 29.5 Å². The highest BCUT2D eigenvalue weighted by Gasteiger charge is 2.36. The van der Waals surface area contributed by atoms with Gasteiger partial charge >= 0.3 is 11.8 Å². The van der Waals surface area contributed by atoms with Crippen LogP contribution in [-0.4, -0.2) is 31.6 Å².